The van der Waals surface area contributed by atoms with Crippen molar-refractivity contribution in [3.8, 4) is 0 Å². The van der Waals surface area contributed by atoms with Crippen LogP contribution in [0.15, 0.2) is 0 Å². The first-order valence-corrected chi connectivity index (χ1v) is 7.11. The molecule has 0 aromatic carbocycles. The van der Waals surface area contributed by atoms with Gasteiger partial charge in [0.1, 0.15) is 6.10 Å². The molecule has 4 heteroatoms. The van der Waals surface area contributed by atoms with Crippen molar-refractivity contribution < 1.29 is 9.53 Å². The summed E-state index contributed by atoms with van der Waals surface area (Å²) >= 11 is 0. The second-order valence-electron chi connectivity index (χ2n) is 6.31. The SMILES string of the molecule is CN1CCO[C@H](C(=O)NC(C)(C)C2CCCC2)C1. The van der Waals surface area contributed by atoms with Gasteiger partial charge in [-0.05, 0) is 39.7 Å². The Bertz CT molecular complexity index is 298. The van der Waals surface area contributed by atoms with E-state index in [0.717, 1.165) is 6.54 Å². The molecular formula is C14H26N2O2. The van der Waals surface area contributed by atoms with Crippen LogP contribution in [0.4, 0.5) is 0 Å². The molecule has 1 N–H and O–H groups in total. The standard InChI is InChI=1S/C14H26N2O2/c1-14(2,11-6-4-5-7-11)15-13(17)12-10-16(3)8-9-18-12/h11-12H,4-10H2,1-3H3,(H,15,17)/t12-/m0/s1. The lowest BCUT2D eigenvalue weighted by molar-refractivity contribution is -0.140. The Morgan fingerprint density at radius 3 is 2.61 bits per heavy atom. The quantitative estimate of drug-likeness (QED) is 0.828. The normalized spacial score (nSPS) is 27.4. The van der Waals surface area contributed by atoms with Crippen molar-refractivity contribution in [3.63, 3.8) is 0 Å². The average Bonchev–Trinajstić information content (AvgIpc) is 2.82. The second kappa shape index (κ2) is 5.57. The van der Waals surface area contributed by atoms with Crippen LogP contribution in [0.25, 0.3) is 0 Å². The summed E-state index contributed by atoms with van der Waals surface area (Å²) in [7, 11) is 2.03. The maximum Gasteiger partial charge on any atom is 0.250 e. The van der Waals surface area contributed by atoms with Gasteiger partial charge in [0.25, 0.3) is 5.91 Å². The predicted molar refractivity (Wildman–Crippen MR) is 71.4 cm³/mol. The van der Waals surface area contributed by atoms with E-state index < -0.39 is 0 Å². The summed E-state index contributed by atoms with van der Waals surface area (Å²) in [6.07, 6.45) is 4.76. The third-order valence-electron chi connectivity index (χ3n) is 4.38. The number of amides is 1. The molecule has 0 aromatic heterocycles. The molecule has 0 bridgehead atoms. The number of nitrogens with one attached hydrogen (secondary N) is 1. The van der Waals surface area contributed by atoms with Crippen LogP contribution in [0, 0.1) is 5.92 Å². The highest BCUT2D eigenvalue weighted by Gasteiger charge is 2.35. The van der Waals surface area contributed by atoms with Crippen LogP contribution in [0.5, 0.6) is 0 Å². The fourth-order valence-corrected chi connectivity index (χ4v) is 3.08. The van der Waals surface area contributed by atoms with Gasteiger partial charge in [-0.1, -0.05) is 12.8 Å². The highest BCUT2D eigenvalue weighted by atomic mass is 16.5. The number of likely N-dealkylation sites (N-methyl/N-ethyl adjacent to an activating group) is 1. The van der Waals surface area contributed by atoms with Crippen LogP contribution in [-0.4, -0.2) is 49.2 Å². The van der Waals surface area contributed by atoms with Crippen molar-refractivity contribution in [2.75, 3.05) is 26.7 Å². The molecule has 4 nitrogen and oxygen atoms in total. The van der Waals surface area contributed by atoms with Gasteiger partial charge < -0.3 is 15.0 Å². The molecule has 1 saturated carbocycles. The van der Waals surface area contributed by atoms with Crippen molar-refractivity contribution >= 4 is 5.91 Å². The summed E-state index contributed by atoms with van der Waals surface area (Å²) in [6.45, 7) is 6.56. The van der Waals surface area contributed by atoms with E-state index in [-0.39, 0.29) is 17.6 Å². The average molecular weight is 254 g/mol. The molecule has 0 unspecified atom stereocenters. The van der Waals surface area contributed by atoms with E-state index in [9.17, 15) is 4.79 Å². The van der Waals surface area contributed by atoms with E-state index in [0.29, 0.717) is 19.1 Å². The lowest BCUT2D eigenvalue weighted by Gasteiger charge is -2.36. The van der Waals surface area contributed by atoms with E-state index in [2.05, 4.69) is 24.1 Å². The molecule has 0 spiro atoms. The Labute approximate surface area is 110 Å². The summed E-state index contributed by atoms with van der Waals surface area (Å²) < 4.78 is 5.56. The summed E-state index contributed by atoms with van der Waals surface area (Å²) in [5.74, 6) is 0.668. The second-order valence-corrected chi connectivity index (χ2v) is 6.31. The highest BCUT2D eigenvalue weighted by Crippen LogP contribution is 2.33. The Morgan fingerprint density at radius 1 is 1.33 bits per heavy atom. The number of nitrogens with zero attached hydrogens (tertiary/aromatic N) is 1. The van der Waals surface area contributed by atoms with Crippen molar-refractivity contribution in [1.82, 2.24) is 10.2 Å². The van der Waals surface area contributed by atoms with Gasteiger partial charge in [-0.15, -0.1) is 0 Å². The van der Waals surface area contributed by atoms with Gasteiger partial charge >= 0.3 is 0 Å². The first-order chi connectivity index (χ1) is 8.49. The maximum absolute atomic E-state index is 12.3. The third kappa shape index (κ3) is 3.23. The van der Waals surface area contributed by atoms with Crippen LogP contribution in [0.2, 0.25) is 0 Å². The lowest BCUT2D eigenvalue weighted by Crippen LogP contribution is -2.55. The Morgan fingerprint density at radius 2 is 2.00 bits per heavy atom. The van der Waals surface area contributed by atoms with E-state index in [1.165, 1.54) is 25.7 Å². The summed E-state index contributed by atoms with van der Waals surface area (Å²) in [5, 5.41) is 3.20. The first-order valence-electron chi connectivity index (χ1n) is 7.11. The number of hydrogen-bond acceptors (Lipinski definition) is 3. The molecule has 2 aliphatic rings. The zero-order chi connectivity index (χ0) is 13.2. The zero-order valence-corrected chi connectivity index (χ0v) is 11.9. The molecular weight excluding hydrogens is 228 g/mol. The topological polar surface area (TPSA) is 41.6 Å². The predicted octanol–water partition coefficient (Wildman–Crippen LogP) is 1.40. The van der Waals surface area contributed by atoms with E-state index in [4.69, 9.17) is 4.74 Å². The smallest absolute Gasteiger partial charge is 0.250 e. The van der Waals surface area contributed by atoms with Gasteiger partial charge in [0.05, 0.1) is 6.61 Å². The molecule has 1 amide bonds. The summed E-state index contributed by atoms with van der Waals surface area (Å²) in [4.78, 5) is 14.4. The van der Waals surface area contributed by atoms with Crippen LogP contribution in [0.1, 0.15) is 39.5 Å². The molecule has 104 valence electrons. The molecule has 2 fully saturated rings. The summed E-state index contributed by atoms with van der Waals surface area (Å²) in [5.41, 5.74) is -0.104. The van der Waals surface area contributed by atoms with Crippen molar-refractivity contribution in [2.45, 2.75) is 51.2 Å². The third-order valence-corrected chi connectivity index (χ3v) is 4.38. The molecule has 1 heterocycles. The van der Waals surface area contributed by atoms with Crippen molar-refractivity contribution in [2.24, 2.45) is 5.92 Å². The molecule has 2 rings (SSSR count). The van der Waals surface area contributed by atoms with Gasteiger partial charge in [-0.25, -0.2) is 0 Å². The van der Waals surface area contributed by atoms with Gasteiger partial charge in [-0.2, -0.15) is 0 Å². The Balaban J connectivity index is 1.89. The van der Waals surface area contributed by atoms with E-state index in [1.807, 2.05) is 7.05 Å². The van der Waals surface area contributed by atoms with Gasteiger partial charge in [0, 0.05) is 18.6 Å². The minimum atomic E-state index is -0.301. The van der Waals surface area contributed by atoms with Crippen LogP contribution >= 0.6 is 0 Å². The number of carbonyl (C=O) groups is 1. The zero-order valence-electron chi connectivity index (χ0n) is 11.9. The van der Waals surface area contributed by atoms with Gasteiger partial charge in [0.15, 0.2) is 0 Å². The van der Waals surface area contributed by atoms with Crippen LogP contribution < -0.4 is 5.32 Å². The first kappa shape index (κ1) is 13.8. The van der Waals surface area contributed by atoms with Crippen LogP contribution in [0.3, 0.4) is 0 Å². The Kier molecular flexibility index (Phi) is 4.28. The molecule has 0 radical (unpaired) electrons. The molecule has 0 aromatic rings. The lowest BCUT2D eigenvalue weighted by atomic mass is 9.86. The minimum Gasteiger partial charge on any atom is -0.366 e. The largest absolute Gasteiger partial charge is 0.366 e. The van der Waals surface area contributed by atoms with Crippen molar-refractivity contribution in [1.29, 1.82) is 0 Å². The number of ether oxygens (including phenoxy) is 1. The van der Waals surface area contributed by atoms with Gasteiger partial charge in [-0.3, -0.25) is 4.79 Å². The summed E-state index contributed by atoms with van der Waals surface area (Å²) in [6, 6.07) is 0. The number of carbonyl (C=O) groups excluding carboxylic acids is 1. The molecule has 1 aliphatic carbocycles. The number of hydrogen-bond donors (Lipinski definition) is 1. The van der Waals surface area contributed by atoms with E-state index in [1.54, 1.807) is 0 Å². The van der Waals surface area contributed by atoms with Crippen molar-refractivity contribution in [3.05, 3.63) is 0 Å². The number of morpholine rings is 1. The molecule has 1 saturated heterocycles. The number of rotatable bonds is 3. The maximum atomic E-state index is 12.3. The molecule has 1 atom stereocenters. The Hall–Kier alpha value is -0.610. The molecule has 1 aliphatic heterocycles. The minimum absolute atomic E-state index is 0.0541. The highest BCUT2D eigenvalue weighted by molar-refractivity contribution is 5.81. The van der Waals surface area contributed by atoms with Gasteiger partial charge in [0.2, 0.25) is 0 Å². The molecule has 18 heavy (non-hydrogen) atoms. The monoisotopic (exact) mass is 254 g/mol. The fraction of sp³-hybridized carbons (Fsp3) is 0.929. The van der Waals surface area contributed by atoms with Crippen LogP contribution in [-0.2, 0) is 9.53 Å². The van der Waals surface area contributed by atoms with E-state index >= 15 is 0 Å². The fourth-order valence-electron chi connectivity index (χ4n) is 3.08.